The Bertz CT molecular complexity index is 6590. The summed E-state index contributed by atoms with van der Waals surface area (Å²) in [5.74, 6) is -1.58. The van der Waals surface area contributed by atoms with Crippen molar-refractivity contribution in [3.63, 3.8) is 0 Å². The number of aromatic nitrogens is 17. The summed E-state index contributed by atoms with van der Waals surface area (Å²) >= 11 is 18.0. The summed E-state index contributed by atoms with van der Waals surface area (Å²) in [6.45, 7) is 1.05. The Hall–Kier alpha value is -16.3. The van der Waals surface area contributed by atoms with Crippen LogP contribution in [0.25, 0.3) is 56.3 Å². The minimum Gasteiger partial charge on any atom is -0.481 e. The van der Waals surface area contributed by atoms with Crippen molar-refractivity contribution in [3.05, 3.63) is 321 Å². The zero-order valence-corrected chi connectivity index (χ0v) is 74.2. The Balaban J connectivity index is 0.000000163. The lowest BCUT2D eigenvalue weighted by Crippen LogP contribution is -2.42. The molecule has 0 saturated heterocycles. The van der Waals surface area contributed by atoms with E-state index in [1.807, 2.05) is 37.3 Å². The third-order valence-electron chi connectivity index (χ3n) is 18.7. The number of benzene rings is 4. The van der Waals surface area contributed by atoms with Crippen molar-refractivity contribution in [3.8, 4) is 73.9 Å². The van der Waals surface area contributed by atoms with E-state index < -0.39 is 35.9 Å². The van der Waals surface area contributed by atoms with Crippen molar-refractivity contribution < 1.29 is 64.5 Å². The Morgan fingerprint density at radius 3 is 1.06 bits per heavy atom. The predicted octanol–water partition coefficient (Wildman–Crippen LogP) is 11.0. The average Bonchev–Trinajstić information content (AvgIpc) is 0.851. The van der Waals surface area contributed by atoms with Gasteiger partial charge in [-0.05, 0) is 153 Å². The summed E-state index contributed by atoms with van der Waals surface area (Å²) in [7, 11) is 1.53. The van der Waals surface area contributed by atoms with E-state index in [0.717, 1.165) is 66.2 Å². The summed E-state index contributed by atoms with van der Waals surface area (Å²) < 4.78 is 92.1. The van der Waals surface area contributed by atoms with Gasteiger partial charge in [-0.1, -0.05) is 71.2 Å². The summed E-state index contributed by atoms with van der Waals surface area (Å²) in [6.07, 6.45) is 8.44. The van der Waals surface area contributed by atoms with Gasteiger partial charge >= 0.3 is 13.0 Å². The summed E-state index contributed by atoms with van der Waals surface area (Å²) in [4.78, 5) is 148. The summed E-state index contributed by atoms with van der Waals surface area (Å²) in [5.41, 5.74) is 5.87. The number of nitrogens with one attached hydrogen (secondary N) is 7. The number of carbonyl (C=O) groups excluding carboxylic acids is 5. The van der Waals surface area contributed by atoms with Crippen LogP contribution in [-0.2, 0) is 69.8 Å². The molecule has 136 heavy (non-hydrogen) atoms. The number of rotatable bonds is 30. The van der Waals surface area contributed by atoms with Crippen molar-refractivity contribution >= 4 is 87.6 Å². The van der Waals surface area contributed by atoms with Crippen LogP contribution < -0.4 is 79.2 Å². The van der Waals surface area contributed by atoms with Crippen molar-refractivity contribution in [2.45, 2.75) is 97.9 Å². The molecular weight excluding hydrogens is 1850 g/mol. The molecule has 0 spiro atoms. The summed E-state index contributed by atoms with van der Waals surface area (Å²) in [5, 5.41) is 42.1. The molecule has 14 aromatic rings. The van der Waals surface area contributed by atoms with Gasteiger partial charge in [-0.2, -0.15) is 34.3 Å². The number of likely N-dealkylation sites (N-methyl/N-ethyl adjacent to an activating group) is 2. The maximum Gasteiger partial charge on any atom is 0.574 e. The number of hydrogen-bond acceptors (Lipinski definition) is 27. The highest BCUT2D eigenvalue weighted by atomic mass is 35.5. The first-order valence-corrected chi connectivity index (χ1v) is 42.1. The van der Waals surface area contributed by atoms with Gasteiger partial charge < -0.3 is 51.4 Å². The topological polar surface area (TPSA) is 462 Å². The molecule has 7 N–H and O–H groups in total. The van der Waals surface area contributed by atoms with Gasteiger partial charge in [0.15, 0.2) is 0 Å². The largest absolute Gasteiger partial charge is 0.574 e. The molecule has 0 radical (unpaired) electrons. The molecular formula is C90H81Cl3F6N24O13. The van der Waals surface area contributed by atoms with Crippen molar-refractivity contribution in [2.24, 2.45) is 0 Å². The Morgan fingerprint density at radius 1 is 0.404 bits per heavy atom. The number of nitrogens with zero attached hydrogens (tertiary/aromatic N) is 17. The quantitative estimate of drug-likeness (QED) is 0.0206. The zero-order valence-electron chi connectivity index (χ0n) is 72.0. The average molecular weight is 1930 g/mol. The lowest BCUT2D eigenvalue weighted by molar-refractivity contribution is -0.276. The second kappa shape index (κ2) is 49.3. The maximum atomic E-state index is 12.9. The van der Waals surface area contributed by atoms with E-state index in [2.05, 4.69) is 107 Å². The van der Waals surface area contributed by atoms with Gasteiger partial charge in [-0.3, -0.25) is 47.9 Å². The molecule has 1 aliphatic carbocycles. The second-order valence-electron chi connectivity index (χ2n) is 28.6. The lowest BCUT2D eigenvalue weighted by atomic mass is 9.93. The molecule has 1 aliphatic rings. The predicted molar refractivity (Wildman–Crippen MR) is 488 cm³/mol. The van der Waals surface area contributed by atoms with Crippen molar-refractivity contribution in [1.82, 2.24) is 110 Å². The number of amides is 5. The van der Waals surface area contributed by atoms with Gasteiger partial charge in [0, 0.05) is 178 Å². The Morgan fingerprint density at radius 2 is 0.735 bits per heavy atom. The lowest BCUT2D eigenvalue weighted by Gasteiger charge is -2.26. The molecule has 5 amide bonds. The third kappa shape index (κ3) is 31.5. The molecule has 702 valence electrons. The monoisotopic (exact) mass is 1920 g/mol. The molecule has 37 nitrogen and oxygen atoms in total. The highest BCUT2D eigenvalue weighted by Gasteiger charge is 2.32. The van der Waals surface area contributed by atoms with Gasteiger partial charge in [0.2, 0.25) is 59.1 Å². The van der Waals surface area contributed by atoms with Crippen LogP contribution in [0.3, 0.4) is 0 Å². The van der Waals surface area contributed by atoms with Crippen molar-refractivity contribution in [2.75, 3.05) is 30.8 Å². The number of methoxy groups -OCH3 is 1. The number of anilines is 4. The van der Waals surface area contributed by atoms with Gasteiger partial charge in [0.1, 0.15) is 38.5 Å². The second-order valence-corrected chi connectivity index (χ2v) is 29.8. The SMILES string of the molecule is CCNC(=O)Cn1nc(-c2cnc(Nc3ccc(Cl)cc3)nc2)ccc1=O.CCNC(=O)Cn1nc(-c2cnc(Nc3ccc(F)cc3)nc2)ccc1=O.COc1ccc(-c2ccc(=O)n(CC(=O)NCc3ccccc3Cl)n2)cn1.O=C(Cn1nc(-c2ccc(OC(F)(F)F)nc2)ccc1=O)NCc1ccccc1Cl.O=C(Cn1nc(-c2ccc(OC(F)F)nc2)ccc1=O)NC1CCC1. The maximum absolute atomic E-state index is 12.9. The minimum absolute atomic E-state index is 0.141. The normalized spacial score (nSPS) is 11.3. The number of ether oxygens (including phenoxy) is 3. The van der Waals surface area contributed by atoms with E-state index >= 15 is 0 Å². The standard InChI is InChI=1S/C19H14ClF3N4O3.C19H17ClN4O3.C18H17ClN6O2.C18H17FN6O2.C16H16F2N4O3/c20-14-4-2-1-3-12(14)9-24-16(28)11-27-18(29)8-6-15(26-27)13-5-7-17(25-10-13)30-19(21,22)23;1-27-18-8-6-14(11-22-18)16-7-9-19(26)24(23-16)12-17(25)21-10-13-4-2-3-5-15(13)20;2*1-2-20-16(26)11-25-17(27)8-7-15(24-25)12-9-21-18(22-10-12)23-14-5-3-13(19)4-6-14;17-16(18)25-14-6-4-10(8-19-14)12-5-7-15(24)22(21-12)9-13(23)20-11-2-1-3-11/h1-8,10H,9,11H2,(H,24,28);2-9,11H,10,12H2,1H3,(H,21,25);2*3-10H,2,11H2,1H3,(H,20,26)(H,21,22,23);4-8,11,16H,1-3,9H2,(H,20,23). The molecule has 46 heteroatoms. The minimum atomic E-state index is -4.85. The van der Waals surface area contributed by atoms with E-state index in [4.69, 9.17) is 39.5 Å². The van der Waals surface area contributed by atoms with Crippen LogP contribution >= 0.6 is 34.8 Å². The molecule has 1 saturated carbocycles. The fraction of sp³-hybridized carbons (Fsp3) is 0.200. The zero-order chi connectivity index (χ0) is 97.2. The number of alkyl halides is 5. The Labute approximate surface area is 782 Å². The highest BCUT2D eigenvalue weighted by Crippen LogP contribution is 2.27. The van der Waals surface area contributed by atoms with Crippen LogP contribution in [0, 0.1) is 5.82 Å². The Kier molecular flexibility index (Phi) is 36.3. The fourth-order valence-corrected chi connectivity index (χ4v) is 12.3. The fourth-order valence-electron chi connectivity index (χ4n) is 11.8. The highest BCUT2D eigenvalue weighted by molar-refractivity contribution is 6.31. The van der Waals surface area contributed by atoms with Crippen LogP contribution in [-0.4, -0.2) is 153 Å². The summed E-state index contributed by atoms with van der Waals surface area (Å²) in [6, 6.07) is 50.1. The molecule has 0 atom stereocenters. The van der Waals surface area contributed by atoms with Crippen LogP contribution in [0.5, 0.6) is 17.6 Å². The van der Waals surface area contributed by atoms with Crippen LogP contribution in [0.2, 0.25) is 15.1 Å². The molecule has 1 fully saturated rings. The molecule has 0 aliphatic heterocycles. The van der Waals surface area contributed by atoms with Gasteiger partial charge in [-0.25, -0.2) is 62.7 Å². The number of hydrogen-bond donors (Lipinski definition) is 7. The molecule has 0 unspecified atom stereocenters. The number of halogens is 9. The van der Waals surface area contributed by atoms with E-state index in [9.17, 15) is 74.3 Å². The van der Waals surface area contributed by atoms with E-state index in [1.54, 1.807) is 123 Å². The number of pyridine rings is 3. The van der Waals surface area contributed by atoms with Gasteiger partial charge in [-0.15, -0.1) is 13.2 Å². The van der Waals surface area contributed by atoms with Gasteiger partial charge in [0.05, 0.1) is 35.6 Å². The van der Waals surface area contributed by atoms with E-state index in [0.29, 0.717) is 108 Å². The number of carbonyl (C=O) groups is 5. The van der Waals surface area contributed by atoms with Crippen LogP contribution in [0.1, 0.15) is 44.2 Å². The van der Waals surface area contributed by atoms with Crippen molar-refractivity contribution in [1.29, 1.82) is 0 Å². The first-order valence-electron chi connectivity index (χ1n) is 41.0. The third-order valence-corrected chi connectivity index (χ3v) is 19.7. The molecule has 0 bridgehead atoms. The molecule has 4 aromatic carbocycles. The molecule has 10 aromatic heterocycles. The smallest absolute Gasteiger partial charge is 0.481 e. The molecule has 15 rings (SSSR count). The van der Waals surface area contributed by atoms with Gasteiger partial charge in [0.25, 0.3) is 27.8 Å². The first-order chi connectivity index (χ1) is 65.4. The molecule has 10 heterocycles. The van der Waals surface area contributed by atoms with Crippen LogP contribution in [0.15, 0.2) is 261 Å². The van der Waals surface area contributed by atoms with E-state index in [1.165, 1.54) is 86.1 Å². The first kappa shape index (κ1) is 100. The van der Waals surface area contributed by atoms with E-state index in [-0.39, 0.29) is 110 Å². The van der Waals surface area contributed by atoms with Crippen LogP contribution in [0.4, 0.5) is 49.6 Å².